The van der Waals surface area contributed by atoms with E-state index in [4.69, 9.17) is 9.88 Å². The first kappa shape index (κ1) is 17.5. The highest BCUT2D eigenvalue weighted by molar-refractivity contribution is 7.89. The predicted octanol–water partition coefficient (Wildman–Crippen LogP) is 1.65. The van der Waals surface area contributed by atoms with Crippen LogP contribution < -0.4 is 15.2 Å². The smallest absolute Gasteiger partial charge is 0.255 e. The predicted molar refractivity (Wildman–Crippen MR) is 80.8 cm³/mol. The highest BCUT2D eigenvalue weighted by atomic mass is 32.2. The summed E-state index contributed by atoms with van der Waals surface area (Å²) in [7, 11) is -3.86. The fourth-order valence-electron chi connectivity index (χ4n) is 1.95. The molecule has 0 aromatic heterocycles. The van der Waals surface area contributed by atoms with Gasteiger partial charge in [-0.3, -0.25) is 4.79 Å². The zero-order valence-electron chi connectivity index (χ0n) is 12.5. The second-order valence-corrected chi connectivity index (χ2v) is 6.36. The summed E-state index contributed by atoms with van der Waals surface area (Å²) >= 11 is 0. The average molecular weight is 314 g/mol. The number of sulfonamides is 1. The van der Waals surface area contributed by atoms with Crippen LogP contribution in [-0.2, 0) is 10.0 Å². The van der Waals surface area contributed by atoms with Gasteiger partial charge in [0.2, 0.25) is 10.0 Å². The van der Waals surface area contributed by atoms with Crippen LogP contribution in [0.4, 0.5) is 0 Å². The molecule has 1 aromatic rings. The molecule has 1 unspecified atom stereocenters. The lowest BCUT2D eigenvalue weighted by Crippen LogP contribution is -2.32. The highest BCUT2D eigenvalue weighted by Gasteiger charge is 2.18. The van der Waals surface area contributed by atoms with Crippen LogP contribution in [-0.4, -0.2) is 27.0 Å². The summed E-state index contributed by atoms with van der Waals surface area (Å²) in [4.78, 5) is 12.2. The van der Waals surface area contributed by atoms with Gasteiger partial charge >= 0.3 is 0 Å². The molecule has 0 saturated heterocycles. The van der Waals surface area contributed by atoms with Gasteiger partial charge in [-0.1, -0.05) is 13.3 Å². The van der Waals surface area contributed by atoms with Crippen molar-refractivity contribution in [2.45, 2.75) is 44.6 Å². The number of hydrogen-bond donors (Lipinski definition) is 2. The van der Waals surface area contributed by atoms with Crippen LogP contribution in [0.15, 0.2) is 23.1 Å². The molecule has 7 heteroatoms. The Labute approximate surface area is 125 Å². The summed E-state index contributed by atoms with van der Waals surface area (Å²) < 4.78 is 28.2. The van der Waals surface area contributed by atoms with E-state index >= 15 is 0 Å². The normalized spacial score (nSPS) is 12.8. The zero-order chi connectivity index (χ0) is 16.0. The van der Waals surface area contributed by atoms with Gasteiger partial charge in [0.1, 0.15) is 5.75 Å². The summed E-state index contributed by atoms with van der Waals surface area (Å²) in [6, 6.07) is 4.01. The van der Waals surface area contributed by atoms with Crippen LogP contribution in [0.2, 0.25) is 0 Å². The molecule has 0 heterocycles. The summed E-state index contributed by atoms with van der Waals surface area (Å²) in [5.41, 5.74) is 0.173. The maximum atomic E-state index is 12.3. The molecule has 0 aliphatic carbocycles. The minimum atomic E-state index is -3.86. The molecule has 0 fully saturated rings. The maximum absolute atomic E-state index is 12.3. The molecule has 0 aliphatic rings. The number of benzene rings is 1. The molecule has 0 radical (unpaired) electrons. The van der Waals surface area contributed by atoms with Gasteiger partial charge in [-0.15, -0.1) is 0 Å². The summed E-state index contributed by atoms with van der Waals surface area (Å²) in [6.45, 7) is 6.08. The SMILES string of the molecule is CCCC(C)NC(=O)c1cc(S(N)(=O)=O)ccc1OCC. The van der Waals surface area contributed by atoms with E-state index in [9.17, 15) is 13.2 Å². The molecule has 6 nitrogen and oxygen atoms in total. The minimum Gasteiger partial charge on any atom is -0.493 e. The molecule has 1 aromatic carbocycles. The van der Waals surface area contributed by atoms with Crippen LogP contribution >= 0.6 is 0 Å². The largest absolute Gasteiger partial charge is 0.493 e. The number of primary sulfonamides is 1. The lowest BCUT2D eigenvalue weighted by molar-refractivity contribution is 0.0934. The third-order valence-electron chi connectivity index (χ3n) is 2.92. The first-order valence-corrected chi connectivity index (χ1v) is 8.44. The lowest BCUT2D eigenvalue weighted by Gasteiger charge is -2.15. The third kappa shape index (κ3) is 5.02. The van der Waals surface area contributed by atoms with Crippen LogP contribution in [0.1, 0.15) is 44.0 Å². The Morgan fingerprint density at radius 2 is 2.05 bits per heavy atom. The zero-order valence-corrected chi connectivity index (χ0v) is 13.4. The van der Waals surface area contributed by atoms with Crippen molar-refractivity contribution >= 4 is 15.9 Å². The van der Waals surface area contributed by atoms with E-state index in [-0.39, 0.29) is 22.4 Å². The Hall–Kier alpha value is -1.60. The van der Waals surface area contributed by atoms with Gasteiger partial charge in [-0.25, -0.2) is 13.6 Å². The second kappa shape index (κ2) is 7.42. The Morgan fingerprint density at radius 1 is 1.38 bits per heavy atom. The average Bonchev–Trinajstić information content (AvgIpc) is 2.38. The molecular weight excluding hydrogens is 292 g/mol. The van der Waals surface area contributed by atoms with Crippen molar-refractivity contribution in [2.75, 3.05) is 6.61 Å². The second-order valence-electron chi connectivity index (χ2n) is 4.80. The summed E-state index contributed by atoms with van der Waals surface area (Å²) in [5, 5.41) is 7.92. The van der Waals surface area contributed by atoms with Crippen LogP contribution in [0.5, 0.6) is 5.75 Å². The number of carbonyl (C=O) groups excluding carboxylic acids is 1. The standard InChI is InChI=1S/C14H22N2O4S/c1-4-6-10(3)16-14(17)12-9-11(21(15,18)19)7-8-13(12)20-5-2/h7-10H,4-6H2,1-3H3,(H,16,17)(H2,15,18,19). The van der Waals surface area contributed by atoms with E-state index in [2.05, 4.69) is 5.32 Å². The number of hydrogen-bond acceptors (Lipinski definition) is 4. The number of rotatable bonds is 7. The molecular formula is C14H22N2O4S. The fourth-order valence-corrected chi connectivity index (χ4v) is 2.49. The fraction of sp³-hybridized carbons (Fsp3) is 0.500. The summed E-state index contributed by atoms with van der Waals surface area (Å²) in [5.74, 6) is -0.0315. The number of nitrogens with two attached hydrogens (primary N) is 1. The molecule has 1 amide bonds. The topological polar surface area (TPSA) is 98.5 Å². The molecule has 21 heavy (non-hydrogen) atoms. The van der Waals surface area contributed by atoms with Crippen molar-refractivity contribution in [2.24, 2.45) is 5.14 Å². The molecule has 3 N–H and O–H groups in total. The van der Waals surface area contributed by atoms with Crippen molar-refractivity contribution in [1.29, 1.82) is 0 Å². The van der Waals surface area contributed by atoms with Gasteiger partial charge < -0.3 is 10.1 Å². The van der Waals surface area contributed by atoms with E-state index in [1.165, 1.54) is 18.2 Å². The van der Waals surface area contributed by atoms with Gasteiger partial charge in [0, 0.05) is 6.04 Å². The minimum absolute atomic E-state index is 0.00452. The highest BCUT2D eigenvalue weighted by Crippen LogP contribution is 2.22. The van der Waals surface area contributed by atoms with Gasteiger partial charge in [0.05, 0.1) is 17.1 Å². The van der Waals surface area contributed by atoms with Crippen LogP contribution in [0.3, 0.4) is 0 Å². The summed E-state index contributed by atoms with van der Waals surface area (Å²) in [6.07, 6.45) is 1.78. The maximum Gasteiger partial charge on any atom is 0.255 e. The van der Waals surface area contributed by atoms with Crippen molar-refractivity contribution in [3.63, 3.8) is 0 Å². The molecule has 118 valence electrons. The van der Waals surface area contributed by atoms with Gasteiger partial charge in [0.15, 0.2) is 0 Å². The molecule has 0 bridgehead atoms. The number of amides is 1. The molecule has 0 aliphatic heterocycles. The third-order valence-corrected chi connectivity index (χ3v) is 3.83. The first-order chi connectivity index (χ1) is 9.79. The Kier molecular flexibility index (Phi) is 6.17. The first-order valence-electron chi connectivity index (χ1n) is 6.90. The Balaban J connectivity index is 3.14. The van der Waals surface area contributed by atoms with Crippen LogP contribution in [0.25, 0.3) is 0 Å². The number of nitrogens with one attached hydrogen (secondary N) is 1. The molecule has 0 saturated carbocycles. The van der Waals surface area contributed by atoms with E-state index in [0.29, 0.717) is 12.4 Å². The van der Waals surface area contributed by atoms with E-state index in [1.807, 2.05) is 13.8 Å². The molecule has 0 spiro atoms. The Morgan fingerprint density at radius 3 is 2.57 bits per heavy atom. The number of ether oxygens (including phenoxy) is 1. The van der Waals surface area contributed by atoms with Gasteiger partial charge in [0.25, 0.3) is 5.91 Å². The number of carbonyl (C=O) groups is 1. The van der Waals surface area contributed by atoms with Crippen molar-refractivity contribution < 1.29 is 17.9 Å². The molecule has 1 rings (SSSR count). The monoisotopic (exact) mass is 314 g/mol. The van der Waals surface area contributed by atoms with E-state index < -0.39 is 10.0 Å². The molecule has 1 atom stereocenters. The van der Waals surface area contributed by atoms with E-state index in [1.54, 1.807) is 6.92 Å². The van der Waals surface area contributed by atoms with Crippen molar-refractivity contribution in [3.05, 3.63) is 23.8 Å². The van der Waals surface area contributed by atoms with E-state index in [0.717, 1.165) is 12.8 Å². The Bertz CT molecular complexity index is 599. The quantitative estimate of drug-likeness (QED) is 0.799. The van der Waals surface area contributed by atoms with Crippen molar-refractivity contribution in [3.8, 4) is 5.75 Å². The van der Waals surface area contributed by atoms with Gasteiger partial charge in [-0.2, -0.15) is 0 Å². The van der Waals surface area contributed by atoms with Gasteiger partial charge in [-0.05, 0) is 38.5 Å². The lowest BCUT2D eigenvalue weighted by atomic mass is 10.1. The van der Waals surface area contributed by atoms with Crippen LogP contribution in [0, 0.1) is 0 Å². The van der Waals surface area contributed by atoms with Crippen molar-refractivity contribution in [1.82, 2.24) is 5.32 Å².